The standard InChI is InChI=1S/C15H17N3O2/c1-3-20-13-6-4-5-12(10-13)18-15(19)11-7-8-17-14(9-11)16-2/h4-10H,3H2,1-2H3,(H,16,17)(H,18,19). The van der Waals surface area contributed by atoms with Gasteiger partial charge in [-0.1, -0.05) is 6.07 Å². The fourth-order valence-electron chi connectivity index (χ4n) is 1.74. The largest absolute Gasteiger partial charge is 0.494 e. The number of anilines is 2. The van der Waals surface area contributed by atoms with Crippen molar-refractivity contribution in [2.24, 2.45) is 0 Å². The molecule has 1 aromatic heterocycles. The van der Waals surface area contributed by atoms with Gasteiger partial charge in [-0.25, -0.2) is 4.98 Å². The molecule has 104 valence electrons. The highest BCUT2D eigenvalue weighted by Gasteiger charge is 2.07. The predicted molar refractivity (Wildman–Crippen MR) is 79.3 cm³/mol. The van der Waals surface area contributed by atoms with Crippen LogP contribution in [0.5, 0.6) is 5.75 Å². The van der Waals surface area contributed by atoms with Crippen LogP contribution < -0.4 is 15.4 Å². The van der Waals surface area contributed by atoms with Gasteiger partial charge in [0.1, 0.15) is 11.6 Å². The van der Waals surface area contributed by atoms with Gasteiger partial charge in [0, 0.05) is 30.6 Å². The maximum Gasteiger partial charge on any atom is 0.255 e. The second-order valence-electron chi connectivity index (χ2n) is 4.09. The number of hydrogen-bond donors (Lipinski definition) is 2. The lowest BCUT2D eigenvalue weighted by atomic mass is 10.2. The summed E-state index contributed by atoms with van der Waals surface area (Å²) in [6, 6.07) is 10.7. The van der Waals surface area contributed by atoms with Gasteiger partial charge in [-0.05, 0) is 31.2 Å². The van der Waals surface area contributed by atoms with E-state index in [2.05, 4.69) is 15.6 Å². The van der Waals surface area contributed by atoms with Crippen LogP contribution in [0.3, 0.4) is 0 Å². The van der Waals surface area contributed by atoms with Gasteiger partial charge in [0.25, 0.3) is 5.91 Å². The summed E-state index contributed by atoms with van der Waals surface area (Å²) >= 11 is 0. The van der Waals surface area contributed by atoms with Crippen molar-refractivity contribution in [2.45, 2.75) is 6.92 Å². The average Bonchev–Trinajstić information content (AvgIpc) is 2.48. The fourth-order valence-corrected chi connectivity index (χ4v) is 1.74. The molecule has 0 atom stereocenters. The van der Waals surface area contributed by atoms with Crippen molar-refractivity contribution < 1.29 is 9.53 Å². The highest BCUT2D eigenvalue weighted by atomic mass is 16.5. The first kappa shape index (κ1) is 13.9. The Morgan fingerprint density at radius 2 is 2.15 bits per heavy atom. The maximum atomic E-state index is 12.1. The van der Waals surface area contributed by atoms with Gasteiger partial charge < -0.3 is 15.4 Å². The molecule has 1 amide bonds. The molecule has 2 N–H and O–H groups in total. The molecule has 0 radical (unpaired) electrons. The third kappa shape index (κ3) is 3.47. The van der Waals surface area contributed by atoms with E-state index in [-0.39, 0.29) is 5.91 Å². The van der Waals surface area contributed by atoms with Gasteiger partial charge in [0.05, 0.1) is 6.61 Å². The third-order valence-electron chi connectivity index (χ3n) is 2.68. The molecule has 2 aromatic rings. The first-order valence-corrected chi connectivity index (χ1v) is 6.41. The molecule has 0 aliphatic heterocycles. The van der Waals surface area contributed by atoms with Crippen molar-refractivity contribution in [1.29, 1.82) is 0 Å². The Labute approximate surface area is 118 Å². The van der Waals surface area contributed by atoms with E-state index in [1.165, 1.54) is 0 Å². The zero-order valence-electron chi connectivity index (χ0n) is 11.5. The SMILES string of the molecule is CCOc1cccc(NC(=O)c2ccnc(NC)c2)c1. The van der Waals surface area contributed by atoms with Gasteiger partial charge in [0.2, 0.25) is 0 Å². The molecule has 0 fully saturated rings. The Balaban J connectivity index is 2.12. The van der Waals surface area contributed by atoms with Crippen molar-refractivity contribution in [1.82, 2.24) is 4.98 Å². The van der Waals surface area contributed by atoms with E-state index in [0.29, 0.717) is 23.7 Å². The predicted octanol–water partition coefficient (Wildman–Crippen LogP) is 2.77. The van der Waals surface area contributed by atoms with E-state index in [1.54, 1.807) is 31.4 Å². The first-order chi connectivity index (χ1) is 9.72. The minimum Gasteiger partial charge on any atom is -0.494 e. The minimum atomic E-state index is -0.183. The summed E-state index contributed by atoms with van der Waals surface area (Å²) in [5.74, 6) is 1.20. The number of amides is 1. The molecule has 1 aromatic carbocycles. The summed E-state index contributed by atoms with van der Waals surface area (Å²) in [7, 11) is 1.76. The minimum absolute atomic E-state index is 0.183. The number of hydrogen-bond acceptors (Lipinski definition) is 4. The lowest BCUT2D eigenvalue weighted by Gasteiger charge is -2.08. The number of carbonyl (C=O) groups is 1. The molecule has 0 bridgehead atoms. The van der Waals surface area contributed by atoms with Gasteiger partial charge in [0.15, 0.2) is 0 Å². The van der Waals surface area contributed by atoms with Crippen LogP contribution in [0.2, 0.25) is 0 Å². The lowest BCUT2D eigenvalue weighted by molar-refractivity contribution is 0.102. The third-order valence-corrected chi connectivity index (χ3v) is 2.68. The van der Waals surface area contributed by atoms with Crippen molar-refractivity contribution in [3.8, 4) is 5.75 Å². The van der Waals surface area contributed by atoms with Crippen LogP contribution >= 0.6 is 0 Å². The monoisotopic (exact) mass is 271 g/mol. The molecule has 0 spiro atoms. The first-order valence-electron chi connectivity index (χ1n) is 6.41. The number of benzene rings is 1. The topological polar surface area (TPSA) is 63.2 Å². The van der Waals surface area contributed by atoms with Crippen molar-refractivity contribution >= 4 is 17.4 Å². The molecule has 5 heteroatoms. The average molecular weight is 271 g/mol. The number of pyridine rings is 1. The normalized spacial score (nSPS) is 9.90. The number of nitrogens with zero attached hydrogens (tertiary/aromatic N) is 1. The molecule has 0 saturated carbocycles. The fraction of sp³-hybridized carbons (Fsp3) is 0.200. The number of carbonyl (C=O) groups excluding carboxylic acids is 1. The highest BCUT2D eigenvalue weighted by molar-refractivity contribution is 6.04. The van der Waals surface area contributed by atoms with Crippen molar-refractivity contribution in [3.05, 3.63) is 48.2 Å². The second kappa shape index (κ2) is 6.56. The van der Waals surface area contributed by atoms with Gasteiger partial charge in [-0.2, -0.15) is 0 Å². The molecule has 0 aliphatic carbocycles. The van der Waals surface area contributed by atoms with Crippen LogP contribution in [0.1, 0.15) is 17.3 Å². The molecular formula is C15H17N3O2. The summed E-state index contributed by atoms with van der Waals surface area (Å²) in [6.07, 6.45) is 1.59. The van der Waals surface area contributed by atoms with E-state index in [4.69, 9.17) is 4.74 Å². The van der Waals surface area contributed by atoms with Gasteiger partial charge in [-0.3, -0.25) is 4.79 Å². The van der Waals surface area contributed by atoms with Crippen molar-refractivity contribution in [3.63, 3.8) is 0 Å². The van der Waals surface area contributed by atoms with Crippen LogP contribution in [0.15, 0.2) is 42.6 Å². The number of aromatic nitrogens is 1. The number of rotatable bonds is 5. The quantitative estimate of drug-likeness (QED) is 0.877. The Kier molecular flexibility index (Phi) is 4.55. The van der Waals surface area contributed by atoms with E-state index < -0.39 is 0 Å². The molecular weight excluding hydrogens is 254 g/mol. The van der Waals surface area contributed by atoms with Crippen molar-refractivity contribution in [2.75, 3.05) is 24.3 Å². The molecule has 0 saturated heterocycles. The molecule has 2 rings (SSSR count). The maximum absolute atomic E-state index is 12.1. The molecule has 20 heavy (non-hydrogen) atoms. The van der Waals surface area contributed by atoms with E-state index in [0.717, 1.165) is 5.75 Å². The van der Waals surface area contributed by atoms with Crippen LogP contribution in [0, 0.1) is 0 Å². The van der Waals surface area contributed by atoms with E-state index in [1.807, 2.05) is 25.1 Å². The lowest BCUT2D eigenvalue weighted by Crippen LogP contribution is -2.12. The summed E-state index contributed by atoms with van der Waals surface area (Å²) in [6.45, 7) is 2.51. The van der Waals surface area contributed by atoms with E-state index >= 15 is 0 Å². The van der Waals surface area contributed by atoms with Gasteiger partial charge in [-0.15, -0.1) is 0 Å². The number of nitrogens with one attached hydrogen (secondary N) is 2. The summed E-state index contributed by atoms with van der Waals surface area (Å²) in [5.41, 5.74) is 1.25. The second-order valence-corrected chi connectivity index (χ2v) is 4.09. The Morgan fingerprint density at radius 3 is 2.90 bits per heavy atom. The Hall–Kier alpha value is -2.56. The Morgan fingerprint density at radius 1 is 1.30 bits per heavy atom. The van der Waals surface area contributed by atoms with Gasteiger partial charge >= 0.3 is 0 Å². The van der Waals surface area contributed by atoms with Crippen LogP contribution in [0.4, 0.5) is 11.5 Å². The van der Waals surface area contributed by atoms with Crippen LogP contribution in [0.25, 0.3) is 0 Å². The highest BCUT2D eigenvalue weighted by Crippen LogP contribution is 2.18. The van der Waals surface area contributed by atoms with E-state index in [9.17, 15) is 4.79 Å². The smallest absolute Gasteiger partial charge is 0.255 e. The molecule has 0 unspecified atom stereocenters. The molecule has 5 nitrogen and oxygen atoms in total. The summed E-state index contributed by atoms with van der Waals surface area (Å²) < 4.78 is 5.40. The summed E-state index contributed by atoms with van der Waals surface area (Å²) in [4.78, 5) is 16.2. The zero-order chi connectivity index (χ0) is 14.4. The Bertz CT molecular complexity index is 599. The van der Waals surface area contributed by atoms with Crippen LogP contribution in [-0.4, -0.2) is 24.5 Å². The number of ether oxygens (including phenoxy) is 1. The van der Waals surface area contributed by atoms with Crippen LogP contribution in [-0.2, 0) is 0 Å². The zero-order valence-corrected chi connectivity index (χ0v) is 11.5. The molecule has 0 aliphatic rings. The summed E-state index contributed by atoms with van der Waals surface area (Å²) in [5, 5.41) is 5.73. The molecule has 1 heterocycles.